The van der Waals surface area contributed by atoms with Crippen LogP contribution in [0.15, 0.2) is 10.5 Å². The molecule has 0 aromatic carbocycles. The summed E-state index contributed by atoms with van der Waals surface area (Å²) in [6, 6.07) is 0. The SMILES string of the molecule is CON=C(C(=O)[N]COC(=O)C(C)(C)C)c1csc(N)n1. The highest BCUT2D eigenvalue weighted by Crippen LogP contribution is 2.15. The standard InChI is InChI=1S/C12H17N4O4S/c1-12(2,3)10(18)20-6-14-9(17)8(16-19-4)7-5-21-11(13)15-7/h5H,6H2,1-4H3,(H2,13,15). The Morgan fingerprint density at radius 1 is 1.43 bits per heavy atom. The molecule has 8 nitrogen and oxygen atoms in total. The fraction of sp³-hybridized carbons (Fsp3) is 0.500. The van der Waals surface area contributed by atoms with E-state index in [0.29, 0.717) is 5.13 Å². The predicted octanol–water partition coefficient (Wildman–Crippen LogP) is 0.754. The first-order valence-corrected chi connectivity index (χ1v) is 6.85. The van der Waals surface area contributed by atoms with Crippen molar-refractivity contribution in [3.05, 3.63) is 11.1 Å². The van der Waals surface area contributed by atoms with Crippen LogP contribution in [0.25, 0.3) is 0 Å². The van der Waals surface area contributed by atoms with Gasteiger partial charge in [0.25, 0.3) is 5.91 Å². The zero-order chi connectivity index (χ0) is 16.0. The number of aromatic nitrogens is 1. The van der Waals surface area contributed by atoms with Crippen molar-refractivity contribution in [3.8, 4) is 0 Å². The Morgan fingerprint density at radius 3 is 2.57 bits per heavy atom. The molecule has 115 valence electrons. The maximum Gasteiger partial charge on any atom is 0.313 e. The summed E-state index contributed by atoms with van der Waals surface area (Å²) in [4.78, 5) is 32.0. The zero-order valence-corrected chi connectivity index (χ0v) is 13.1. The number of nitrogens with two attached hydrogens (primary N) is 1. The molecule has 1 aromatic rings. The van der Waals surface area contributed by atoms with E-state index in [0.717, 1.165) is 11.3 Å². The molecule has 21 heavy (non-hydrogen) atoms. The third-order valence-corrected chi connectivity index (χ3v) is 2.84. The lowest BCUT2D eigenvalue weighted by molar-refractivity contribution is -0.154. The molecule has 1 amide bonds. The first-order valence-electron chi connectivity index (χ1n) is 5.97. The van der Waals surface area contributed by atoms with Crippen LogP contribution in [0.1, 0.15) is 26.5 Å². The van der Waals surface area contributed by atoms with Crippen LogP contribution in [-0.2, 0) is 19.2 Å². The Kier molecular flexibility index (Phi) is 5.65. The molecule has 0 saturated heterocycles. The smallest absolute Gasteiger partial charge is 0.313 e. The van der Waals surface area contributed by atoms with E-state index in [1.54, 1.807) is 26.2 Å². The number of amides is 1. The molecular weight excluding hydrogens is 296 g/mol. The van der Waals surface area contributed by atoms with Crippen molar-refractivity contribution in [1.29, 1.82) is 0 Å². The average molecular weight is 313 g/mol. The van der Waals surface area contributed by atoms with Crippen molar-refractivity contribution < 1.29 is 19.2 Å². The maximum atomic E-state index is 11.9. The van der Waals surface area contributed by atoms with Crippen LogP contribution in [0.3, 0.4) is 0 Å². The second kappa shape index (κ2) is 7.02. The van der Waals surface area contributed by atoms with E-state index in [1.165, 1.54) is 7.11 Å². The molecule has 9 heteroatoms. The van der Waals surface area contributed by atoms with E-state index in [1.807, 2.05) is 0 Å². The van der Waals surface area contributed by atoms with E-state index < -0.39 is 24.0 Å². The molecular formula is C12H17N4O4S. The van der Waals surface area contributed by atoms with Crippen LogP contribution in [0.4, 0.5) is 5.13 Å². The molecule has 0 atom stereocenters. The normalized spacial score (nSPS) is 11.9. The van der Waals surface area contributed by atoms with Crippen LogP contribution in [-0.4, -0.2) is 36.4 Å². The highest BCUT2D eigenvalue weighted by atomic mass is 32.1. The van der Waals surface area contributed by atoms with Crippen molar-refractivity contribution in [2.45, 2.75) is 20.8 Å². The minimum atomic E-state index is -0.705. The van der Waals surface area contributed by atoms with Crippen LogP contribution in [0, 0.1) is 5.41 Å². The summed E-state index contributed by atoms with van der Waals surface area (Å²) in [5.41, 5.74) is 5.00. The van der Waals surface area contributed by atoms with Crippen LogP contribution in [0.2, 0.25) is 0 Å². The number of nitrogen functional groups attached to an aromatic ring is 1. The largest absolute Gasteiger partial charge is 0.442 e. The van der Waals surface area contributed by atoms with Gasteiger partial charge in [-0.05, 0) is 20.8 Å². The summed E-state index contributed by atoms with van der Waals surface area (Å²) in [6.45, 7) is 4.71. The number of nitrogens with zero attached hydrogens (tertiary/aromatic N) is 3. The van der Waals surface area contributed by atoms with Crippen molar-refractivity contribution in [1.82, 2.24) is 10.3 Å². The van der Waals surface area contributed by atoms with E-state index in [9.17, 15) is 9.59 Å². The monoisotopic (exact) mass is 313 g/mol. The second-order valence-corrected chi connectivity index (χ2v) is 5.86. The Labute approximate surface area is 126 Å². The van der Waals surface area contributed by atoms with Gasteiger partial charge >= 0.3 is 5.97 Å². The van der Waals surface area contributed by atoms with Gasteiger partial charge in [-0.1, -0.05) is 5.16 Å². The molecule has 0 bridgehead atoms. The van der Waals surface area contributed by atoms with Gasteiger partial charge in [0.15, 0.2) is 17.6 Å². The number of hydrogen-bond donors (Lipinski definition) is 1. The number of rotatable bonds is 5. The van der Waals surface area contributed by atoms with Gasteiger partial charge in [0.2, 0.25) is 0 Å². The second-order valence-electron chi connectivity index (χ2n) is 4.97. The van der Waals surface area contributed by atoms with E-state index in [2.05, 4.69) is 20.3 Å². The highest BCUT2D eigenvalue weighted by molar-refractivity contribution is 7.13. The number of thiazole rings is 1. The number of carbonyl (C=O) groups excluding carboxylic acids is 2. The number of hydrogen-bond acceptors (Lipinski definition) is 8. The molecule has 0 spiro atoms. The summed E-state index contributed by atoms with van der Waals surface area (Å²) < 4.78 is 4.88. The minimum absolute atomic E-state index is 0.0998. The van der Waals surface area contributed by atoms with Crippen LogP contribution in [0.5, 0.6) is 0 Å². The minimum Gasteiger partial charge on any atom is -0.442 e. The molecule has 1 heterocycles. The van der Waals surface area contributed by atoms with Crippen LogP contribution < -0.4 is 11.1 Å². The summed E-state index contributed by atoms with van der Waals surface area (Å²) in [7, 11) is 1.29. The Bertz CT molecular complexity index is 548. The van der Waals surface area contributed by atoms with Crippen LogP contribution >= 0.6 is 11.3 Å². The van der Waals surface area contributed by atoms with E-state index in [4.69, 9.17) is 10.5 Å². The number of esters is 1. The number of carbonyl (C=O) groups is 2. The fourth-order valence-corrected chi connectivity index (χ4v) is 1.67. The van der Waals surface area contributed by atoms with Crippen molar-refractivity contribution >= 4 is 34.1 Å². The lowest BCUT2D eigenvalue weighted by Crippen LogP contribution is -2.31. The lowest BCUT2D eigenvalue weighted by atomic mass is 9.98. The zero-order valence-electron chi connectivity index (χ0n) is 12.2. The van der Waals surface area contributed by atoms with Gasteiger partial charge in [0, 0.05) is 5.38 Å². The molecule has 0 fully saturated rings. The van der Waals surface area contributed by atoms with Crippen molar-refractivity contribution in [2.24, 2.45) is 10.6 Å². The molecule has 1 radical (unpaired) electrons. The molecule has 1 rings (SSSR count). The third-order valence-electron chi connectivity index (χ3n) is 2.17. The summed E-state index contributed by atoms with van der Waals surface area (Å²) in [6.07, 6.45) is 0. The Hall–Kier alpha value is -2.16. The van der Waals surface area contributed by atoms with Gasteiger partial charge in [-0.25, -0.2) is 10.3 Å². The molecule has 0 unspecified atom stereocenters. The fourth-order valence-electron chi connectivity index (χ4n) is 1.12. The average Bonchev–Trinajstić information content (AvgIpc) is 2.80. The summed E-state index contributed by atoms with van der Waals surface area (Å²) >= 11 is 1.16. The highest BCUT2D eigenvalue weighted by Gasteiger charge is 2.24. The number of ether oxygens (including phenoxy) is 1. The summed E-state index contributed by atoms with van der Waals surface area (Å²) in [5, 5.41) is 9.04. The number of oxime groups is 1. The quantitative estimate of drug-likeness (QED) is 0.487. The maximum absolute atomic E-state index is 11.9. The molecule has 2 N–H and O–H groups in total. The summed E-state index contributed by atoms with van der Waals surface area (Å²) in [5.74, 6) is -1.16. The van der Waals surface area contributed by atoms with Gasteiger partial charge in [-0.2, -0.15) is 0 Å². The first kappa shape index (κ1) is 16.9. The van der Waals surface area contributed by atoms with Gasteiger partial charge in [-0.15, -0.1) is 11.3 Å². The Morgan fingerprint density at radius 2 is 2.10 bits per heavy atom. The topological polar surface area (TPSA) is 118 Å². The molecule has 0 aliphatic rings. The lowest BCUT2D eigenvalue weighted by Gasteiger charge is -2.15. The van der Waals surface area contributed by atoms with Gasteiger partial charge < -0.3 is 15.3 Å². The molecule has 0 saturated carbocycles. The predicted molar refractivity (Wildman–Crippen MR) is 77.6 cm³/mol. The molecule has 0 aliphatic heterocycles. The molecule has 1 aromatic heterocycles. The van der Waals surface area contributed by atoms with E-state index >= 15 is 0 Å². The van der Waals surface area contributed by atoms with Gasteiger partial charge in [0.05, 0.1) is 5.41 Å². The number of anilines is 1. The van der Waals surface area contributed by atoms with Gasteiger partial charge in [0.1, 0.15) is 12.8 Å². The first-order chi connectivity index (χ1) is 9.75. The third kappa shape index (κ3) is 5.03. The molecule has 0 aliphatic carbocycles. The van der Waals surface area contributed by atoms with E-state index in [-0.39, 0.29) is 11.4 Å². The Balaban J connectivity index is 2.64. The van der Waals surface area contributed by atoms with Crippen molar-refractivity contribution in [3.63, 3.8) is 0 Å². The van der Waals surface area contributed by atoms with Crippen molar-refractivity contribution in [2.75, 3.05) is 19.6 Å². The van der Waals surface area contributed by atoms with Gasteiger partial charge in [-0.3, -0.25) is 9.59 Å².